The molecule has 0 aliphatic carbocycles. The van der Waals surface area contributed by atoms with Crippen LogP contribution in [0.25, 0.3) is 11.3 Å². The fourth-order valence-electron chi connectivity index (χ4n) is 4.01. The van der Waals surface area contributed by atoms with Crippen molar-refractivity contribution in [1.82, 2.24) is 4.98 Å². The maximum absolute atomic E-state index is 13.7. The average molecular weight is 626 g/mol. The van der Waals surface area contributed by atoms with Gasteiger partial charge in [-0.1, -0.05) is 57.0 Å². The normalized spacial score (nSPS) is 11.8. The minimum absolute atomic E-state index is 0.0258. The first kappa shape index (κ1) is 31.0. The van der Waals surface area contributed by atoms with Crippen LogP contribution < -0.4 is 15.0 Å². The first-order valence-electron chi connectivity index (χ1n) is 12.5. The largest absolute Gasteiger partial charge is 0.478 e. The lowest BCUT2D eigenvalue weighted by Gasteiger charge is -2.24. The van der Waals surface area contributed by atoms with E-state index in [1.54, 1.807) is 58.8 Å². The van der Waals surface area contributed by atoms with E-state index in [4.69, 9.17) is 16.3 Å². The summed E-state index contributed by atoms with van der Waals surface area (Å²) in [7, 11) is 0. The molecule has 0 fully saturated rings. The molecule has 1 aromatic heterocycles. The van der Waals surface area contributed by atoms with Gasteiger partial charge in [-0.2, -0.15) is 13.2 Å². The first-order valence-corrected chi connectivity index (χ1v) is 13.8. The van der Waals surface area contributed by atoms with Crippen LogP contribution in [-0.4, -0.2) is 28.2 Å². The molecular weight excluding hydrogens is 601 g/mol. The quantitative estimate of drug-likeness (QED) is 0.133. The molecule has 0 radical (unpaired) electrons. The zero-order valence-corrected chi connectivity index (χ0v) is 23.9. The Morgan fingerprint density at radius 1 is 1.05 bits per heavy atom. The van der Waals surface area contributed by atoms with Crippen molar-refractivity contribution in [1.29, 1.82) is 0 Å². The lowest BCUT2D eigenvalue weighted by Crippen LogP contribution is -2.37. The predicted molar refractivity (Wildman–Crippen MR) is 152 cm³/mol. The van der Waals surface area contributed by atoms with E-state index in [0.717, 1.165) is 17.7 Å². The predicted octanol–water partition coefficient (Wildman–Crippen LogP) is 8.55. The van der Waals surface area contributed by atoms with Crippen LogP contribution in [0.3, 0.4) is 0 Å². The lowest BCUT2D eigenvalue weighted by atomic mass is 10.1. The number of nitrogens with zero attached hydrogens (tertiary/aromatic N) is 3. The molecule has 0 aliphatic heterocycles. The van der Waals surface area contributed by atoms with Crippen molar-refractivity contribution >= 4 is 39.7 Å². The van der Waals surface area contributed by atoms with Crippen molar-refractivity contribution < 1.29 is 36.8 Å². The number of carboxylic acid groups (broad SMARTS) is 1. The molecule has 0 atom stereocenters. The smallest absolute Gasteiger partial charge is 0.416 e. The molecule has 0 spiro atoms. The third-order valence-corrected chi connectivity index (χ3v) is 7.58. The average Bonchev–Trinajstić information content (AvgIpc) is 3.41. The highest BCUT2D eigenvalue weighted by atomic mass is 35.5. The second kappa shape index (κ2) is 12.5. The Bertz CT molecular complexity index is 1540. The van der Waals surface area contributed by atoms with Gasteiger partial charge in [0.25, 0.3) is 0 Å². The van der Waals surface area contributed by atoms with Crippen LogP contribution in [0.5, 0.6) is 5.75 Å². The number of hydrogen-bond acceptors (Lipinski definition) is 6. The van der Waals surface area contributed by atoms with Crippen LogP contribution in [-0.2, 0) is 23.9 Å². The topological polar surface area (TPSA) is 65.9 Å². The Kier molecular flexibility index (Phi) is 9.27. The molecule has 1 heterocycles. The van der Waals surface area contributed by atoms with Gasteiger partial charge in [-0.3, -0.25) is 0 Å². The van der Waals surface area contributed by atoms with Gasteiger partial charge in [0.05, 0.1) is 11.3 Å². The number of carboxylic acids is 1. The van der Waals surface area contributed by atoms with Gasteiger partial charge in [0.15, 0.2) is 10.7 Å². The first-order chi connectivity index (χ1) is 19.7. The van der Waals surface area contributed by atoms with Gasteiger partial charge in [0, 0.05) is 34.6 Å². The van der Waals surface area contributed by atoms with Gasteiger partial charge in [-0.05, 0) is 61.5 Å². The molecule has 42 heavy (non-hydrogen) atoms. The number of halogens is 6. The number of aromatic nitrogens is 1. The highest BCUT2D eigenvalue weighted by Crippen LogP contribution is 2.36. The molecule has 222 valence electrons. The summed E-state index contributed by atoms with van der Waals surface area (Å²) in [5, 5.41) is 10.7. The van der Waals surface area contributed by atoms with Crippen LogP contribution in [0, 0.1) is 0 Å². The van der Waals surface area contributed by atoms with Gasteiger partial charge in [-0.25, -0.2) is 9.78 Å². The third kappa shape index (κ3) is 7.48. The van der Waals surface area contributed by atoms with E-state index in [1.807, 2.05) is 0 Å². The molecule has 3 aromatic carbocycles. The lowest BCUT2D eigenvalue weighted by molar-refractivity contribution is -0.152. The van der Waals surface area contributed by atoms with Gasteiger partial charge in [0.2, 0.25) is 0 Å². The molecule has 1 N–H and O–H groups in total. The molecule has 4 rings (SSSR count). The van der Waals surface area contributed by atoms with Crippen molar-refractivity contribution in [3.8, 4) is 17.0 Å². The molecule has 0 aliphatic rings. The van der Waals surface area contributed by atoms with Crippen molar-refractivity contribution in [2.24, 2.45) is 0 Å². The maximum Gasteiger partial charge on any atom is 0.416 e. The van der Waals surface area contributed by atoms with Crippen LogP contribution >= 0.6 is 22.9 Å². The van der Waals surface area contributed by atoms with Gasteiger partial charge in [0.1, 0.15) is 11.4 Å². The summed E-state index contributed by atoms with van der Waals surface area (Å²) < 4.78 is 72.7. The summed E-state index contributed by atoms with van der Waals surface area (Å²) in [6, 6.07) is 16.1. The Labute approximate surface area is 247 Å². The van der Waals surface area contributed by atoms with Crippen LogP contribution in [0.4, 0.5) is 33.0 Å². The van der Waals surface area contributed by atoms with Gasteiger partial charge < -0.3 is 14.7 Å². The zero-order chi connectivity index (χ0) is 30.7. The Balaban J connectivity index is 1.62. The van der Waals surface area contributed by atoms with E-state index >= 15 is 0 Å². The van der Waals surface area contributed by atoms with Crippen LogP contribution in [0.1, 0.15) is 30.5 Å². The van der Waals surface area contributed by atoms with Crippen molar-refractivity contribution in [2.45, 2.75) is 38.6 Å². The van der Waals surface area contributed by atoms with Crippen molar-refractivity contribution in [2.75, 3.05) is 16.8 Å². The van der Waals surface area contributed by atoms with Crippen LogP contribution in [0.2, 0.25) is 5.02 Å². The Hall–Kier alpha value is -3.90. The van der Waals surface area contributed by atoms with E-state index in [0.29, 0.717) is 39.6 Å². The molecule has 0 saturated carbocycles. The number of anilines is 2. The SMILES string of the molecule is CC(C)(Oc1ccc(CCN(Cc2ccc(C(F)(F)F)cc2N(F)F)c2nc(-c3ccccc3Cl)cs2)cc1)C(=O)O. The number of rotatable bonds is 11. The highest BCUT2D eigenvalue weighted by molar-refractivity contribution is 7.14. The Morgan fingerprint density at radius 3 is 2.36 bits per heavy atom. The molecule has 4 aromatic rings. The second-order valence-corrected chi connectivity index (χ2v) is 11.0. The fourth-order valence-corrected chi connectivity index (χ4v) is 5.09. The second-order valence-electron chi connectivity index (χ2n) is 9.80. The van der Waals surface area contributed by atoms with Crippen molar-refractivity contribution in [3.63, 3.8) is 0 Å². The summed E-state index contributed by atoms with van der Waals surface area (Å²) in [4.78, 5) is 17.7. The van der Waals surface area contributed by atoms with Gasteiger partial charge in [-0.15, -0.1) is 11.3 Å². The summed E-state index contributed by atoms with van der Waals surface area (Å²) in [5.41, 5.74) is -1.43. The number of ether oxygens (including phenoxy) is 1. The molecular formula is C29H25ClF5N3O3S. The maximum atomic E-state index is 13.7. The van der Waals surface area contributed by atoms with E-state index < -0.39 is 34.3 Å². The number of alkyl halides is 3. The molecule has 6 nitrogen and oxygen atoms in total. The molecule has 0 bridgehead atoms. The number of thiazole rings is 1. The van der Waals surface area contributed by atoms with Crippen LogP contribution in [0.15, 0.2) is 72.1 Å². The number of benzene rings is 3. The standard InChI is InChI=1S/C29H25ClF5N3O3S/c1-28(2,26(39)40)41-21-11-7-18(8-12-21)13-14-37(27-36-24(17-42-27)22-5-3-4-6-23(22)30)16-19-9-10-20(29(31,32)33)15-25(19)38(34)35/h3-12,15,17H,13-14,16H2,1-2H3,(H,39,40). The summed E-state index contributed by atoms with van der Waals surface area (Å²) in [6.07, 6.45) is -4.37. The molecule has 0 amide bonds. The number of hydrogen-bond donors (Lipinski definition) is 1. The van der Waals surface area contributed by atoms with Gasteiger partial charge >= 0.3 is 12.1 Å². The van der Waals surface area contributed by atoms with E-state index in [-0.39, 0.29) is 18.7 Å². The third-order valence-electron chi connectivity index (χ3n) is 6.35. The molecule has 13 heteroatoms. The highest BCUT2D eigenvalue weighted by Gasteiger charge is 2.32. The van der Waals surface area contributed by atoms with Crippen molar-refractivity contribution in [3.05, 3.63) is 93.8 Å². The molecule has 0 unspecified atom stereocenters. The molecule has 0 saturated heterocycles. The Morgan fingerprint density at radius 2 is 1.74 bits per heavy atom. The fraction of sp³-hybridized carbons (Fsp3) is 0.241. The summed E-state index contributed by atoms with van der Waals surface area (Å²) in [5.74, 6) is -0.766. The minimum atomic E-state index is -4.78. The van der Waals surface area contributed by atoms with E-state index in [1.165, 1.54) is 25.2 Å². The number of carbonyl (C=O) groups is 1. The monoisotopic (exact) mass is 625 g/mol. The van der Waals surface area contributed by atoms with E-state index in [9.17, 15) is 32.0 Å². The van der Waals surface area contributed by atoms with E-state index in [2.05, 4.69) is 4.98 Å². The minimum Gasteiger partial charge on any atom is -0.478 e. The number of aliphatic carboxylic acids is 1. The zero-order valence-electron chi connectivity index (χ0n) is 22.3. The summed E-state index contributed by atoms with van der Waals surface area (Å²) in [6.45, 7) is 2.98. The summed E-state index contributed by atoms with van der Waals surface area (Å²) >= 11 is 7.57.